The number of nitrogens with zero attached hydrogens (tertiary/aromatic N) is 3. The van der Waals surface area contributed by atoms with Crippen LogP contribution in [-0.4, -0.2) is 30.3 Å². The van der Waals surface area contributed by atoms with E-state index in [1.165, 1.54) is 29.0 Å². The van der Waals surface area contributed by atoms with Crippen LogP contribution in [0.3, 0.4) is 0 Å². The molecule has 0 aliphatic carbocycles. The summed E-state index contributed by atoms with van der Waals surface area (Å²) < 4.78 is 16.1. The lowest BCUT2D eigenvalue weighted by atomic mass is 10.1. The van der Waals surface area contributed by atoms with Crippen LogP contribution >= 0.6 is 0 Å². The Morgan fingerprint density at radius 3 is 2.56 bits per heavy atom. The number of rotatable bonds is 6. The number of hydrogen-bond acceptors (Lipinski definition) is 4. The zero-order valence-electron chi connectivity index (χ0n) is 17.1. The van der Waals surface area contributed by atoms with Crippen molar-refractivity contribution in [2.45, 2.75) is 6.54 Å². The maximum atomic E-state index is 13.2. The van der Waals surface area contributed by atoms with Crippen LogP contribution in [0.2, 0.25) is 0 Å². The van der Waals surface area contributed by atoms with Gasteiger partial charge in [-0.15, -0.1) is 0 Å². The van der Waals surface area contributed by atoms with Gasteiger partial charge >= 0.3 is 5.69 Å². The van der Waals surface area contributed by atoms with E-state index in [4.69, 9.17) is 0 Å². The number of amides is 1. The van der Waals surface area contributed by atoms with E-state index in [-0.39, 0.29) is 24.1 Å². The number of anilines is 1. The molecule has 0 saturated heterocycles. The number of imidazole rings is 1. The van der Waals surface area contributed by atoms with Crippen LogP contribution in [0.25, 0.3) is 17.3 Å². The summed E-state index contributed by atoms with van der Waals surface area (Å²) in [5.74, 6) is -0.797. The molecule has 0 fully saturated rings. The van der Waals surface area contributed by atoms with Crippen LogP contribution in [0.4, 0.5) is 10.1 Å². The van der Waals surface area contributed by atoms with Gasteiger partial charge in [0.05, 0.1) is 24.6 Å². The Kier molecular flexibility index (Phi) is 5.71. The van der Waals surface area contributed by atoms with Gasteiger partial charge in [-0.05, 0) is 48.0 Å². The van der Waals surface area contributed by atoms with Crippen molar-refractivity contribution in [3.05, 3.63) is 94.4 Å². The lowest BCUT2D eigenvalue weighted by molar-refractivity contribution is -0.111. The average Bonchev–Trinajstić information content (AvgIpc) is 3.31. The molecule has 9 heteroatoms. The molecule has 8 nitrogen and oxygen atoms in total. The van der Waals surface area contributed by atoms with Gasteiger partial charge in [-0.2, -0.15) is 5.10 Å². The second-order valence-corrected chi connectivity index (χ2v) is 7.14. The van der Waals surface area contributed by atoms with E-state index >= 15 is 0 Å². The van der Waals surface area contributed by atoms with Gasteiger partial charge in [0, 0.05) is 29.9 Å². The van der Waals surface area contributed by atoms with Gasteiger partial charge < -0.3 is 15.4 Å². The van der Waals surface area contributed by atoms with E-state index in [1.54, 1.807) is 60.4 Å². The molecule has 2 aromatic heterocycles. The third kappa shape index (κ3) is 4.51. The fourth-order valence-corrected chi connectivity index (χ4v) is 3.30. The summed E-state index contributed by atoms with van der Waals surface area (Å²) in [4.78, 5) is 26.4. The van der Waals surface area contributed by atoms with Crippen molar-refractivity contribution < 1.29 is 14.3 Å². The molecule has 0 bridgehead atoms. The van der Waals surface area contributed by atoms with E-state index in [1.807, 2.05) is 0 Å². The molecular weight excluding hydrogens is 413 g/mol. The summed E-state index contributed by atoms with van der Waals surface area (Å²) in [6, 6.07) is 13.0. The zero-order chi connectivity index (χ0) is 22.7. The minimum absolute atomic E-state index is 0.145. The van der Waals surface area contributed by atoms with Crippen molar-refractivity contribution in [2.24, 2.45) is 7.05 Å². The topological polar surface area (TPSA) is 105 Å². The molecular formula is C23H20FN5O3. The van der Waals surface area contributed by atoms with Crippen LogP contribution in [0.15, 0.2) is 71.8 Å². The van der Waals surface area contributed by atoms with Gasteiger partial charge in [-0.3, -0.25) is 14.0 Å². The van der Waals surface area contributed by atoms with E-state index in [2.05, 4.69) is 15.4 Å². The summed E-state index contributed by atoms with van der Waals surface area (Å²) in [5.41, 5.74) is 3.24. The largest absolute Gasteiger partial charge is 0.493 e. The van der Waals surface area contributed by atoms with Crippen LogP contribution in [0.1, 0.15) is 11.1 Å². The van der Waals surface area contributed by atoms with Crippen molar-refractivity contribution in [2.75, 3.05) is 5.32 Å². The Morgan fingerprint density at radius 2 is 1.91 bits per heavy atom. The minimum Gasteiger partial charge on any atom is -0.493 e. The highest BCUT2D eigenvalue weighted by Crippen LogP contribution is 2.24. The van der Waals surface area contributed by atoms with Crippen molar-refractivity contribution in [1.29, 1.82) is 0 Å². The number of nitrogens with one attached hydrogen (secondary N) is 2. The first kappa shape index (κ1) is 20.9. The smallest absolute Gasteiger partial charge is 0.328 e. The number of carbonyl (C=O) groups is 1. The normalized spacial score (nSPS) is 11.2. The summed E-state index contributed by atoms with van der Waals surface area (Å²) in [7, 11) is 1.78. The van der Waals surface area contributed by atoms with Crippen molar-refractivity contribution in [1.82, 2.24) is 19.3 Å². The molecule has 3 N–H and O–H groups in total. The van der Waals surface area contributed by atoms with Crippen molar-refractivity contribution in [3.8, 4) is 17.1 Å². The van der Waals surface area contributed by atoms with Gasteiger partial charge in [0.25, 0.3) is 0 Å². The number of aromatic amines is 1. The van der Waals surface area contributed by atoms with Gasteiger partial charge in [0.2, 0.25) is 11.8 Å². The number of benzene rings is 2. The average molecular weight is 433 g/mol. The monoisotopic (exact) mass is 433 g/mol. The Labute approximate surface area is 182 Å². The predicted octanol–water partition coefficient (Wildman–Crippen LogP) is 3.12. The molecule has 4 aromatic rings. The summed E-state index contributed by atoms with van der Waals surface area (Å²) >= 11 is 0. The Balaban J connectivity index is 1.43. The van der Waals surface area contributed by atoms with Gasteiger partial charge in [0.1, 0.15) is 5.82 Å². The fourth-order valence-electron chi connectivity index (χ4n) is 3.30. The quantitative estimate of drug-likeness (QED) is 0.406. The summed E-state index contributed by atoms with van der Waals surface area (Å²) in [6.45, 7) is 0.204. The molecule has 32 heavy (non-hydrogen) atoms. The number of aromatic hydroxyl groups is 1. The molecule has 4 rings (SSSR count). The van der Waals surface area contributed by atoms with Crippen LogP contribution in [0.5, 0.6) is 5.88 Å². The molecule has 0 radical (unpaired) electrons. The Bertz CT molecular complexity index is 1330. The number of halogens is 1. The predicted molar refractivity (Wildman–Crippen MR) is 119 cm³/mol. The standard InChI is InChI=1S/C23H20FN5O3/c1-28-22(16-4-7-18(24)8-5-16)17(12-26-28)6-11-20(30)27-19-9-2-15(3-10-19)14-29-21(31)13-25-23(29)32/h2-13,31H,14H2,1H3,(H,25,32)(H,27,30). The maximum absolute atomic E-state index is 13.2. The highest BCUT2D eigenvalue weighted by atomic mass is 19.1. The summed E-state index contributed by atoms with van der Waals surface area (Å²) in [6.07, 6.45) is 5.91. The van der Waals surface area contributed by atoms with Gasteiger partial charge in [0.15, 0.2) is 0 Å². The SMILES string of the molecule is Cn1ncc(C=CC(=O)Nc2ccc(Cn3c(O)c[nH]c3=O)cc2)c1-c1ccc(F)cc1. The Morgan fingerprint density at radius 1 is 1.19 bits per heavy atom. The number of carbonyl (C=O) groups excluding carboxylic acids is 1. The van der Waals surface area contributed by atoms with Crippen molar-refractivity contribution in [3.63, 3.8) is 0 Å². The second kappa shape index (κ2) is 8.76. The third-order valence-corrected chi connectivity index (χ3v) is 4.91. The summed E-state index contributed by atoms with van der Waals surface area (Å²) in [5, 5.41) is 16.7. The fraction of sp³-hybridized carbons (Fsp3) is 0.0870. The first-order chi connectivity index (χ1) is 15.4. The molecule has 2 aromatic carbocycles. The van der Waals surface area contributed by atoms with Crippen LogP contribution < -0.4 is 11.0 Å². The van der Waals surface area contributed by atoms with E-state index in [0.29, 0.717) is 5.69 Å². The molecule has 0 atom stereocenters. The molecule has 162 valence electrons. The van der Waals surface area contributed by atoms with E-state index in [0.717, 1.165) is 22.4 Å². The van der Waals surface area contributed by atoms with Crippen LogP contribution in [-0.2, 0) is 18.4 Å². The lowest BCUT2D eigenvalue weighted by Crippen LogP contribution is -2.17. The van der Waals surface area contributed by atoms with Crippen molar-refractivity contribution >= 4 is 17.7 Å². The lowest BCUT2D eigenvalue weighted by Gasteiger charge is -2.06. The molecule has 0 aliphatic rings. The first-order valence-corrected chi connectivity index (χ1v) is 9.74. The molecule has 0 unspecified atom stereocenters. The molecule has 2 heterocycles. The maximum Gasteiger partial charge on any atom is 0.328 e. The zero-order valence-corrected chi connectivity index (χ0v) is 17.1. The highest BCUT2D eigenvalue weighted by molar-refractivity contribution is 6.02. The first-order valence-electron chi connectivity index (χ1n) is 9.74. The van der Waals surface area contributed by atoms with Gasteiger partial charge in [-0.25, -0.2) is 9.18 Å². The van der Waals surface area contributed by atoms with E-state index < -0.39 is 5.69 Å². The van der Waals surface area contributed by atoms with Crippen LogP contribution in [0, 0.1) is 5.82 Å². The molecule has 0 aliphatic heterocycles. The number of aromatic nitrogens is 4. The number of H-pyrrole nitrogens is 1. The number of hydrogen-bond donors (Lipinski definition) is 3. The number of aryl methyl sites for hydroxylation is 1. The Hall–Kier alpha value is -4.40. The minimum atomic E-state index is -0.402. The van der Waals surface area contributed by atoms with E-state index in [9.17, 15) is 19.1 Å². The van der Waals surface area contributed by atoms with Gasteiger partial charge in [-0.1, -0.05) is 12.1 Å². The second-order valence-electron chi connectivity index (χ2n) is 7.14. The highest BCUT2D eigenvalue weighted by Gasteiger charge is 2.10. The molecule has 0 spiro atoms. The third-order valence-electron chi connectivity index (χ3n) is 4.91. The molecule has 1 amide bonds. The molecule has 0 saturated carbocycles.